The van der Waals surface area contributed by atoms with Gasteiger partial charge in [-0.25, -0.2) is 25.6 Å². The number of ether oxygens (including phenoxy) is 2. The van der Waals surface area contributed by atoms with E-state index in [1.165, 1.54) is 35.7 Å². The summed E-state index contributed by atoms with van der Waals surface area (Å²) < 4.78 is 99.1. The van der Waals surface area contributed by atoms with Gasteiger partial charge in [0.05, 0.1) is 29.9 Å². The van der Waals surface area contributed by atoms with Crippen LogP contribution in [-0.2, 0) is 48.9 Å². The number of fused-ring (bicyclic) bond motifs is 3. The largest absolute Gasteiger partial charge is 0.497 e. The number of benzene rings is 4. The molecule has 0 amide bonds. The molecule has 6 rings (SSSR count). The van der Waals surface area contributed by atoms with Crippen molar-refractivity contribution in [3.8, 4) is 11.5 Å². The normalized spacial score (nSPS) is 20.4. The number of rotatable bonds is 12. The highest BCUT2D eigenvalue weighted by molar-refractivity contribution is 7.92. The number of sulfonamides is 1. The molecule has 1 aliphatic heterocycles. The molecule has 1 aliphatic carbocycles. The highest BCUT2D eigenvalue weighted by atomic mass is 35.5. The smallest absolute Gasteiger partial charge is 0.214 e. The number of hydrogen-bond donors (Lipinski definition) is 0. The van der Waals surface area contributed by atoms with E-state index in [9.17, 15) is 21.6 Å². The molecule has 2 aliphatic rings. The van der Waals surface area contributed by atoms with Crippen LogP contribution in [0.2, 0.25) is 5.02 Å². The van der Waals surface area contributed by atoms with E-state index in [1.807, 2.05) is 31.2 Å². The second-order valence-electron chi connectivity index (χ2n) is 13.0. The van der Waals surface area contributed by atoms with Gasteiger partial charge in [-0.05, 0) is 84.5 Å². The first kappa shape index (κ1) is 36.9. The molecule has 0 unspecified atom stereocenters. The maximum atomic E-state index is 15.9. The molecule has 1 heterocycles. The van der Waals surface area contributed by atoms with Crippen LogP contribution in [0.1, 0.15) is 48.4 Å². The number of methoxy groups -OCH3 is 1. The lowest BCUT2D eigenvalue weighted by Gasteiger charge is -2.49. The molecular formula is C38H38ClF2NO7S2. The van der Waals surface area contributed by atoms with Crippen molar-refractivity contribution in [1.82, 2.24) is 4.31 Å². The van der Waals surface area contributed by atoms with Crippen molar-refractivity contribution >= 4 is 37.2 Å². The van der Waals surface area contributed by atoms with E-state index in [0.29, 0.717) is 11.3 Å². The first-order valence-corrected chi connectivity index (χ1v) is 20.1. The summed E-state index contributed by atoms with van der Waals surface area (Å²) in [6.45, 7) is 1.67. The van der Waals surface area contributed by atoms with E-state index in [4.69, 9.17) is 21.1 Å². The van der Waals surface area contributed by atoms with Gasteiger partial charge in [0.15, 0.2) is 21.4 Å². The average Bonchev–Trinajstić information content (AvgIpc) is 3.12. The van der Waals surface area contributed by atoms with Gasteiger partial charge >= 0.3 is 0 Å². The molecule has 0 bridgehead atoms. The Kier molecular flexibility index (Phi) is 10.6. The van der Waals surface area contributed by atoms with E-state index in [0.717, 1.165) is 29.7 Å². The zero-order valence-electron chi connectivity index (χ0n) is 28.1. The summed E-state index contributed by atoms with van der Waals surface area (Å²) in [7, 11) is -7.09. The van der Waals surface area contributed by atoms with Crippen molar-refractivity contribution < 1.29 is 39.9 Å². The van der Waals surface area contributed by atoms with Crippen molar-refractivity contribution in [1.29, 1.82) is 0 Å². The van der Waals surface area contributed by atoms with Crippen LogP contribution >= 0.6 is 11.6 Å². The van der Waals surface area contributed by atoms with Crippen LogP contribution in [0.3, 0.4) is 0 Å². The van der Waals surface area contributed by atoms with Gasteiger partial charge in [0.25, 0.3) is 0 Å². The second-order valence-corrected chi connectivity index (χ2v) is 17.7. The van der Waals surface area contributed by atoms with Crippen LogP contribution in [0.5, 0.6) is 11.5 Å². The van der Waals surface area contributed by atoms with Crippen molar-refractivity contribution in [2.24, 2.45) is 11.8 Å². The van der Waals surface area contributed by atoms with Gasteiger partial charge in [-0.1, -0.05) is 54.9 Å². The fourth-order valence-electron chi connectivity index (χ4n) is 7.36. The quantitative estimate of drug-likeness (QED) is 0.150. The Morgan fingerprint density at radius 1 is 0.863 bits per heavy atom. The van der Waals surface area contributed by atoms with Gasteiger partial charge in [-0.15, -0.1) is 0 Å². The van der Waals surface area contributed by atoms with Gasteiger partial charge in [0.1, 0.15) is 22.1 Å². The molecule has 0 saturated heterocycles. The molecule has 1 saturated carbocycles. The maximum Gasteiger partial charge on any atom is 0.214 e. The minimum atomic E-state index is -4.54. The van der Waals surface area contributed by atoms with Gasteiger partial charge in [0.2, 0.25) is 10.0 Å². The third kappa shape index (κ3) is 7.03. The van der Waals surface area contributed by atoms with Crippen molar-refractivity contribution in [3.63, 3.8) is 0 Å². The molecule has 0 N–H and O–H groups in total. The zero-order chi connectivity index (χ0) is 36.6. The molecule has 13 heteroatoms. The molecule has 1 fully saturated rings. The predicted molar refractivity (Wildman–Crippen MR) is 190 cm³/mol. The monoisotopic (exact) mass is 757 g/mol. The molecular weight excluding hydrogens is 720 g/mol. The fourth-order valence-corrected chi connectivity index (χ4v) is 11.4. The molecule has 0 radical (unpaired) electrons. The number of carbonyl (C=O) groups excluding carboxylic acids is 1. The SMILES string of the molecule is CCc1ccc(CN(Cc2ccc(OC)cc2)S(=O)(=O)CC[C@H]2C(=O)CC[C@]3(S(=O)(=O)c4ccc(Cl)cc4)c4c(F)ccc(F)c4OC[C@H]23)cc1. The zero-order valence-corrected chi connectivity index (χ0v) is 30.5. The lowest BCUT2D eigenvalue weighted by Crippen LogP contribution is -2.56. The van der Waals surface area contributed by atoms with E-state index in [-0.39, 0.29) is 48.1 Å². The lowest BCUT2D eigenvalue weighted by molar-refractivity contribution is -0.129. The van der Waals surface area contributed by atoms with Crippen molar-refractivity contribution in [3.05, 3.63) is 124 Å². The molecule has 3 atom stereocenters. The second kappa shape index (κ2) is 14.7. The van der Waals surface area contributed by atoms with Gasteiger partial charge in [-0.2, -0.15) is 4.31 Å². The first-order chi connectivity index (χ1) is 24.3. The number of halogens is 3. The molecule has 270 valence electrons. The molecule has 0 spiro atoms. The van der Waals surface area contributed by atoms with Crippen LogP contribution in [0.25, 0.3) is 0 Å². The number of nitrogens with zero attached hydrogens (tertiary/aromatic N) is 1. The predicted octanol–water partition coefficient (Wildman–Crippen LogP) is 7.27. The fraction of sp³-hybridized carbons (Fsp3) is 0.342. The highest BCUT2D eigenvalue weighted by Gasteiger charge is 2.62. The first-order valence-electron chi connectivity index (χ1n) is 16.6. The van der Waals surface area contributed by atoms with Crippen LogP contribution < -0.4 is 9.47 Å². The van der Waals surface area contributed by atoms with E-state index < -0.39 is 71.8 Å². The Morgan fingerprint density at radius 2 is 1.45 bits per heavy atom. The number of sulfone groups is 1. The molecule has 8 nitrogen and oxygen atoms in total. The number of hydrogen-bond acceptors (Lipinski definition) is 7. The molecule has 0 aromatic heterocycles. The third-order valence-electron chi connectivity index (χ3n) is 10.1. The molecule has 4 aromatic rings. The maximum absolute atomic E-state index is 15.9. The van der Waals surface area contributed by atoms with Crippen LogP contribution in [0.15, 0.2) is 89.8 Å². The molecule has 4 aromatic carbocycles. The summed E-state index contributed by atoms with van der Waals surface area (Å²) in [4.78, 5) is 13.5. The summed E-state index contributed by atoms with van der Waals surface area (Å²) >= 11 is 6.06. The minimum absolute atomic E-state index is 0.0275. The van der Waals surface area contributed by atoms with Gasteiger partial charge < -0.3 is 9.47 Å². The summed E-state index contributed by atoms with van der Waals surface area (Å²) in [5.74, 6) is -5.07. The molecule has 51 heavy (non-hydrogen) atoms. The Balaban J connectivity index is 1.37. The number of aryl methyl sites for hydroxylation is 1. The third-order valence-corrected chi connectivity index (χ3v) is 14.7. The Bertz CT molecular complexity index is 2080. The Labute approximate surface area is 302 Å². The van der Waals surface area contributed by atoms with Crippen molar-refractivity contribution in [2.45, 2.75) is 55.3 Å². The van der Waals surface area contributed by atoms with Crippen LogP contribution in [0.4, 0.5) is 8.78 Å². The minimum Gasteiger partial charge on any atom is -0.497 e. The number of ketones is 1. The lowest BCUT2D eigenvalue weighted by atomic mass is 9.66. The van der Waals surface area contributed by atoms with E-state index in [2.05, 4.69) is 0 Å². The summed E-state index contributed by atoms with van der Waals surface area (Å²) in [5, 5.41) is 0.273. The van der Waals surface area contributed by atoms with Crippen LogP contribution in [-0.4, -0.2) is 46.4 Å². The standard InChI is InChI=1S/C38H38ClF2NO7S2/c1-3-25-4-6-26(7-5-25)22-42(23-27-8-12-29(48-2)13-9-27)50(44,45)21-19-31-32-24-49-37-34(41)17-16-33(40)36(37)38(32,20-18-35(31)43)51(46,47)30-14-10-28(39)11-15-30/h4-17,31-32H,3,18-24H2,1-2H3/t31-,32-,38-/m1/s1. The topological polar surface area (TPSA) is 107 Å². The Hall–Kier alpha value is -3.84. The van der Waals surface area contributed by atoms with Gasteiger partial charge in [0, 0.05) is 36.4 Å². The summed E-state index contributed by atoms with van der Waals surface area (Å²) in [5.41, 5.74) is 2.09. The number of carbonyl (C=O) groups is 1. The van der Waals surface area contributed by atoms with E-state index >= 15 is 8.78 Å². The Morgan fingerprint density at radius 3 is 2.06 bits per heavy atom. The van der Waals surface area contributed by atoms with Crippen molar-refractivity contribution in [2.75, 3.05) is 19.5 Å². The summed E-state index contributed by atoms with van der Waals surface area (Å²) in [6.07, 6.45) is -0.0561. The average molecular weight is 758 g/mol. The van der Waals surface area contributed by atoms with Crippen LogP contribution in [0, 0.1) is 23.5 Å². The van der Waals surface area contributed by atoms with E-state index in [1.54, 1.807) is 24.3 Å². The van der Waals surface area contributed by atoms with Gasteiger partial charge in [-0.3, -0.25) is 4.79 Å². The number of Topliss-reactive ketones (excluding diaryl/α,β-unsaturated/α-hetero) is 1. The highest BCUT2D eigenvalue weighted by Crippen LogP contribution is 2.58. The summed E-state index contributed by atoms with van der Waals surface area (Å²) in [6, 6.07) is 21.7.